The van der Waals surface area contributed by atoms with Crippen LogP contribution in [-0.4, -0.2) is 36.2 Å². The Kier molecular flexibility index (Phi) is 5.25. The molecule has 4 nitrogen and oxygen atoms in total. The van der Waals surface area contributed by atoms with Gasteiger partial charge < -0.3 is 4.74 Å². The van der Waals surface area contributed by atoms with Crippen LogP contribution in [0, 0.1) is 11.8 Å². The van der Waals surface area contributed by atoms with Gasteiger partial charge in [-0.05, 0) is 69.7 Å². The molecule has 1 aliphatic heterocycles. The molecule has 4 atom stereocenters. The van der Waals surface area contributed by atoms with Crippen LogP contribution in [0.4, 0.5) is 10.5 Å². The Bertz CT molecular complexity index is 571. The standard InChI is InChI=1S/C21H30N2O2/c24-21(22-17-9-3-1-4-10-17)25-20-16-8-7-11-18(20)19(13-12-16)23-14-5-2-6-15-23/h1,3-4,9-10,16,18-20H,2,5-8,11-15H2,(H,22,24)/t16-,18-,19-,20+/m0/s1. The molecule has 0 radical (unpaired) electrons. The van der Waals surface area contributed by atoms with E-state index >= 15 is 0 Å². The van der Waals surface area contributed by atoms with E-state index in [1.807, 2.05) is 30.3 Å². The van der Waals surface area contributed by atoms with Gasteiger partial charge in [-0.1, -0.05) is 31.0 Å². The third-order valence-corrected chi connectivity index (χ3v) is 6.45. The van der Waals surface area contributed by atoms with E-state index in [0.717, 1.165) is 5.69 Å². The van der Waals surface area contributed by atoms with Gasteiger partial charge in [0.25, 0.3) is 0 Å². The van der Waals surface area contributed by atoms with Crippen molar-refractivity contribution in [1.29, 1.82) is 0 Å². The van der Waals surface area contributed by atoms with Crippen LogP contribution in [0.3, 0.4) is 0 Å². The first-order valence-corrected chi connectivity index (χ1v) is 10.1. The summed E-state index contributed by atoms with van der Waals surface area (Å²) in [7, 11) is 0. The van der Waals surface area contributed by atoms with Crippen molar-refractivity contribution in [2.45, 2.75) is 63.5 Å². The number of nitrogens with zero attached hydrogens (tertiary/aromatic N) is 1. The maximum absolute atomic E-state index is 12.4. The molecular formula is C21H30N2O2. The molecule has 1 heterocycles. The highest BCUT2D eigenvalue weighted by Crippen LogP contribution is 2.44. The Labute approximate surface area is 150 Å². The van der Waals surface area contributed by atoms with E-state index in [1.54, 1.807) is 0 Å². The fourth-order valence-electron chi connectivity index (χ4n) is 5.29. The number of para-hydroxylation sites is 1. The van der Waals surface area contributed by atoms with Crippen LogP contribution in [0.1, 0.15) is 51.4 Å². The Balaban J connectivity index is 1.42. The maximum atomic E-state index is 12.4. The lowest BCUT2D eigenvalue weighted by atomic mass is 9.67. The number of piperidine rings is 1. The third kappa shape index (κ3) is 3.84. The van der Waals surface area contributed by atoms with Crippen LogP contribution in [0.2, 0.25) is 0 Å². The fraction of sp³-hybridized carbons (Fsp3) is 0.667. The zero-order valence-corrected chi connectivity index (χ0v) is 15.0. The average Bonchev–Trinajstić information content (AvgIpc) is 2.63. The molecular weight excluding hydrogens is 312 g/mol. The number of hydrogen-bond acceptors (Lipinski definition) is 3. The van der Waals surface area contributed by atoms with E-state index in [2.05, 4.69) is 10.2 Å². The summed E-state index contributed by atoms with van der Waals surface area (Å²) in [4.78, 5) is 15.1. The van der Waals surface area contributed by atoms with Crippen molar-refractivity contribution >= 4 is 11.8 Å². The summed E-state index contributed by atoms with van der Waals surface area (Å²) in [5, 5.41) is 2.90. The van der Waals surface area contributed by atoms with E-state index in [1.165, 1.54) is 64.5 Å². The number of benzene rings is 1. The number of hydrogen-bond donors (Lipinski definition) is 1. The number of carbonyl (C=O) groups is 1. The van der Waals surface area contributed by atoms with Gasteiger partial charge in [0.2, 0.25) is 0 Å². The molecule has 0 aromatic heterocycles. The molecule has 0 unspecified atom stereocenters. The van der Waals surface area contributed by atoms with Gasteiger partial charge in [-0.25, -0.2) is 4.79 Å². The van der Waals surface area contributed by atoms with Gasteiger partial charge in [0.05, 0.1) is 0 Å². The molecule has 2 aliphatic carbocycles. The minimum atomic E-state index is -0.285. The van der Waals surface area contributed by atoms with Crippen molar-refractivity contribution < 1.29 is 9.53 Å². The Morgan fingerprint density at radius 2 is 1.76 bits per heavy atom. The first-order valence-electron chi connectivity index (χ1n) is 10.1. The number of likely N-dealkylation sites (tertiary alicyclic amines) is 1. The van der Waals surface area contributed by atoms with Crippen molar-refractivity contribution in [3.05, 3.63) is 30.3 Å². The molecule has 2 bridgehead atoms. The lowest BCUT2D eigenvalue weighted by molar-refractivity contribution is -0.0688. The smallest absolute Gasteiger partial charge is 0.411 e. The normalized spacial score (nSPS) is 32.8. The minimum Gasteiger partial charge on any atom is -0.445 e. The second kappa shape index (κ2) is 7.77. The minimum absolute atomic E-state index is 0.0955. The topological polar surface area (TPSA) is 41.6 Å². The highest BCUT2D eigenvalue weighted by Gasteiger charge is 2.46. The van der Waals surface area contributed by atoms with E-state index < -0.39 is 0 Å². The number of amides is 1. The molecule has 136 valence electrons. The van der Waals surface area contributed by atoms with E-state index in [-0.39, 0.29) is 12.2 Å². The van der Waals surface area contributed by atoms with Gasteiger partial charge >= 0.3 is 6.09 Å². The van der Waals surface area contributed by atoms with Crippen LogP contribution in [0.15, 0.2) is 30.3 Å². The van der Waals surface area contributed by atoms with Crippen LogP contribution in [-0.2, 0) is 4.74 Å². The van der Waals surface area contributed by atoms with E-state index in [4.69, 9.17) is 4.74 Å². The van der Waals surface area contributed by atoms with Crippen molar-refractivity contribution in [2.24, 2.45) is 11.8 Å². The first kappa shape index (κ1) is 16.9. The number of anilines is 1. The molecule has 4 heteroatoms. The predicted octanol–water partition coefficient (Wildman–Crippen LogP) is 4.67. The van der Waals surface area contributed by atoms with E-state index in [9.17, 15) is 4.79 Å². The highest BCUT2D eigenvalue weighted by molar-refractivity contribution is 5.84. The van der Waals surface area contributed by atoms with Crippen molar-refractivity contribution in [1.82, 2.24) is 4.90 Å². The Morgan fingerprint density at radius 1 is 0.960 bits per heavy atom. The average molecular weight is 342 g/mol. The second-order valence-corrected chi connectivity index (χ2v) is 7.96. The number of fused-ring (bicyclic) bond motifs is 2. The summed E-state index contributed by atoms with van der Waals surface area (Å²) in [5.41, 5.74) is 0.807. The number of carbonyl (C=O) groups excluding carboxylic acids is 1. The monoisotopic (exact) mass is 342 g/mol. The lowest BCUT2D eigenvalue weighted by Crippen LogP contribution is -2.54. The predicted molar refractivity (Wildman–Crippen MR) is 99.6 cm³/mol. The van der Waals surface area contributed by atoms with Gasteiger partial charge in [0.15, 0.2) is 0 Å². The first-order chi connectivity index (χ1) is 12.3. The van der Waals surface area contributed by atoms with E-state index in [0.29, 0.717) is 17.9 Å². The molecule has 4 rings (SSSR count). The second-order valence-electron chi connectivity index (χ2n) is 7.96. The maximum Gasteiger partial charge on any atom is 0.411 e. The van der Waals surface area contributed by atoms with Crippen molar-refractivity contribution in [3.63, 3.8) is 0 Å². The van der Waals surface area contributed by atoms with Crippen molar-refractivity contribution in [3.8, 4) is 0 Å². The van der Waals surface area contributed by atoms with Crippen LogP contribution < -0.4 is 5.32 Å². The molecule has 1 N–H and O–H groups in total. The molecule has 2 saturated carbocycles. The summed E-state index contributed by atoms with van der Waals surface area (Å²) in [6, 6.07) is 10.2. The summed E-state index contributed by atoms with van der Waals surface area (Å²) < 4.78 is 6.01. The number of rotatable bonds is 3. The van der Waals surface area contributed by atoms with Crippen LogP contribution in [0.25, 0.3) is 0 Å². The molecule has 1 saturated heterocycles. The third-order valence-electron chi connectivity index (χ3n) is 6.45. The Hall–Kier alpha value is -1.55. The molecule has 3 fully saturated rings. The fourth-order valence-corrected chi connectivity index (χ4v) is 5.29. The number of ether oxygens (including phenoxy) is 1. The van der Waals surface area contributed by atoms with Crippen LogP contribution >= 0.6 is 0 Å². The number of nitrogens with one attached hydrogen (secondary N) is 1. The quantitative estimate of drug-likeness (QED) is 0.868. The lowest BCUT2D eigenvalue weighted by Gasteiger charge is -2.50. The Morgan fingerprint density at radius 3 is 2.56 bits per heavy atom. The summed E-state index contributed by atoms with van der Waals surface area (Å²) in [6.45, 7) is 2.46. The van der Waals surface area contributed by atoms with Gasteiger partial charge in [-0.3, -0.25) is 10.2 Å². The summed E-state index contributed by atoms with van der Waals surface area (Å²) in [5.74, 6) is 1.08. The SMILES string of the molecule is O=C(Nc1ccccc1)O[C@@H]1[C@H]2CCC[C@H]1[C@@H](N1CCCCC1)CC2. The molecule has 1 aromatic carbocycles. The molecule has 1 aromatic rings. The zero-order valence-electron chi connectivity index (χ0n) is 15.0. The molecule has 0 spiro atoms. The van der Waals surface area contributed by atoms with Gasteiger partial charge in [0.1, 0.15) is 6.10 Å². The summed E-state index contributed by atoms with van der Waals surface area (Å²) >= 11 is 0. The van der Waals surface area contributed by atoms with Crippen LogP contribution in [0.5, 0.6) is 0 Å². The molecule has 3 aliphatic rings. The molecule has 1 amide bonds. The summed E-state index contributed by atoms with van der Waals surface area (Å²) in [6.07, 6.45) is 10.0. The van der Waals surface area contributed by atoms with Gasteiger partial charge in [-0.15, -0.1) is 0 Å². The largest absolute Gasteiger partial charge is 0.445 e. The van der Waals surface area contributed by atoms with Gasteiger partial charge in [-0.2, -0.15) is 0 Å². The molecule has 25 heavy (non-hydrogen) atoms. The van der Waals surface area contributed by atoms with Crippen molar-refractivity contribution in [2.75, 3.05) is 18.4 Å². The van der Waals surface area contributed by atoms with Gasteiger partial charge in [0, 0.05) is 17.6 Å². The highest BCUT2D eigenvalue weighted by atomic mass is 16.6. The zero-order chi connectivity index (χ0) is 17.1.